The molecule has 0 radical (unpaired) electrons. The van der Waals surface area contributed by atoms with E-state index in [9.17, 15) is 17.7 Å². The maximum atomic E-state index is 12.7. The van der Waals surface area contributed by atoms with Crippen LogP contribution in [0, 0.1) is 0 Å². The van der Waals surface area contributed by atoms with Gasteiger partial charge in [-0.05, 0) is 17.7 Å². The monoisotopic (exact) mass is 287 g/mol. The van der Waals surface area contributed by atoms with Gasteiger partial charge in [-0.25, -0.2) is 0 Å². The molecule has 0 spiro atoms. The van der Waals surface area contributed by atoms with Crippen LogP contribution in [0.3, 0.4) is 0 Å². The zero-order chi connectivity index (χ0) is 13.3. The number of hydrogen-bond donors (Lipinski definition) is 1. The summed E-state index contributed by atoms with van der Waals surface area (Å²) in [7, 11) is -3.75. The third-order valence-corrected chi connectivity index (χ3v) is 2.67. The van der Waals surface area contributed by atoms with Gasteiger partial charge in [-0.15, -0.1) is 0 Å². The first-order valence-corrected chi connectivity index (χ1v) is 6.98. The zero-order valence-corrected chi connectivity index (χ0v) is 10.4. The van der Waals surface area contributed by atoms with Crippen LogP contribution in [0.5, 0.6) is 0 Å². The van der Waals surface area contributed by atoms with Gasteiger partial charge in [0.2, 0.25) is 0 Å². The molecule has 0 aliphatic heterocycles. The summed E-state index contributed by atoms with van der Waals surface area (Å²) in [4.78, 5) is 0. The van der Waals surface area contributed by atoms with E-state index in [0.29, 0.717) is 5.02 Å². The lowest BCUT2D eigenvalue weighted by molar-refractivity contribution is -0.197. The van der Waals surface area contributed by atoms with E-state index in [4.69, 9.17) is 17.1 Å². The molecule has 1 aromatic carbocycles. The minimum atomic E-state index is -4.70. The zero-order valence-electron chi connectivity index (χ0n) is 8.74. The summed E-state index contributed by atoms with van der Waals surface area (Å²) in [5, 5.41) is 0.294. The van der Waals surface area contributed by atoms with Crippen molar-refractivity contribution in [3.63, 3.8) is 0 Å². The fourth-order valence-electron chi connectivity index (χ4n) is 1.16. The number of rotatable bonds is 3. The van der Waals surface area contributed by atoms with Crippen molar-refractivity contribution in [2.45, 2.75) is 12.3 Å². The topological polar surface area (TPSA) is 52.3 Å². The number of benzene rings is 1. The maximum Gasteiger partial charge on any atom is 0.419 e. The highest BCUT2D eigenvalue weighted by molar-refractivity contribution is 7.55. The highest BCUT2D eigenvalue weighted by Gasteiger charge is 2.44. The van der Waals surface area contributed by atoms with Crippen LogP contribution in [0.4, 0.5) is 13.2 Å². The van der Waals surface area contributed by atoms with Gasteiger partial charge in [-0.3, -0.25) is 10.1 Å². The maximum absolute atomic E-state index is 12.7. The van der Waals surface area contributed by atoms with E-state index in [1.807, 2.05) is 0 Å². The Hall–Kier alpha value is -0.550. The molecule has 0 heterocycles. The molecule has 0 aliphatic carbocycles. The van der Waals surface area contributed by atoms with Crippen molar-refractivity contribution in [1.82, 2.24) is 0 Å². The van der Waals surface area contributed by atoms with Crippen LogP contribution >= 0.6 is 19.1 Å². The van der Waals surface area contributed by atoms with Gasteiger partial charge >= 0.3 is 6.18 Å². The normalized spacial score (nSPS) is 17.5. The average Bonchev–Trinajstić information content (AvgIpc) is 2.13. The molecule has 0 amide bonds. The van der Waals surface area contributed by atoms with Gasteiger partial charge in [-0.2, -0.15) is 13.2 Å². The summed E-state index contributed by atoms with van der Waals surface area (Å²) in [5.41, 5.74) is 4.81. The van der Waals surface area contributed by atoms with E-state index in [0.717, 1.165) is 18.8 Å². The molecule has 3 nitrogen and oxygen atoms in total. The second-order valence-electron chi connectivity index (χ2n) is 3.49. The Kier molecular flexibility index (Phi) is 4.25. The number of alkyl halides is 3. The summed E-state index contributed by atoms with van der Waals surface area (Å²) < 4.78 is 53.6. The molecular formula is C9H10ClF3NO2P. The molecule has 0 fully saturated rings. The Morgan fingerprint density at radius 1 is 1.35 bits per heavy atom. The minimum absolute atomic E-state index is 0.200. The van der Waals surface area contributed by atoms with Crippen molar-refractivity contribution in [3.05, 3.63) is 34.9 Å². The third kappa shape index (κ3) is 4.68. The molecule has 1 rings (SSSR count). The molecule has 1 aromatic rings. The molecule has 17 heavy (non-hydrogen) atoms. The average molecular weight is 288 g/mol. The first-order valence-electron chi connectivity index (χ1n) is 4.46. The van der Waals surface area contributed by atoms with Crippen molar-refractivity contribution in [1.29, 1.82) is 0 Å². The predicted octanol–water partition coefficient (Wildman–Crippen LogP) is 3.74. The van der Waals surface area contributed by atoms with Crippen LogP contribution < -0.4 is 5.50 Å². The van der Waals surface area contributed by atoms with Crippen molar-refractivity contribution in [3.8, 4) is 0 Å². The molecule has 0 bridgehead atoms. The fraction of sp³-hybridized carbons (Fsp3) is 0.333. The van der Waals surface area contributed by atoms with E-state index < -0.39 is 19.8 Å². The molecule has 2 atom stereocenters. The van der Waals surface area contributed by atoms with Crippen molar-refractivity contribution < 1.29 is 22.3 Å². The lowest BCUT2D eigenvalue weighted by atomic mass is 10.1. The van der Waals surface area contributed by atoms with Crippen LogP contribution in [0.1, 0.15) is 11.7 Å². The molecule has 0 unspecified atom stereocenters. The molecule has 0 saturated carbocycles. The third-order valence-electron chi connectivity index (χ3n) is 1.78. The summed E-state index contributed by atoms with van der Waals surface area (Å²) in [6.07, 6.45) is -7.01. The lowest BCUT2D eigenvalue weighted by Crippen LogP contribution is -2.23. The smallest absolute Gasteiger partial charge is 0.300 e. The highest BCUT2D eigenvalue weighted by atomic mass is 35.5. The first kappa shape index (κ1) is 14.5. The molecular weight excluding hydrogens is 278 g/mol. The summed E-state index contributed by atoms with van der Waals surface area (Å²) in [6, 6.07) is 4.87. The van der Waals surface area contributed by atoms with E-state index >= 15 is 0 Å². The predicted molar refractivity (Wildman–Crippen MR) is 59.1 cm³/mol. The van der Waals surface area contributed by atoms with Crippen LogP contribution in [-0.4, -0.2) is 12.8 Å². The lowest BCUT2D eigenvalue weighted by Gasteiger charge is -2.22. The van der Waals surface area contributed by atoms with E-state index in [2.05, 4.69) is 4.52 Å². The van der Waals surface area contributed by atoms with E-state index in [1.165, 1.54) is 12.1 Å². The van der Waals surface area contributed by atoms with Crippen LogP contribution in [0.15, 0.2) is 24.3 Å². The Morgan fingerprint density at radius 2 is 1.82 bits per heavy atom. The highest BCUT2D eigenvalue weighted by Crippen LogP contribution is 2.46. The summed E-state index contributed by atoms with van der Waals surface area (Å²) in [5.74, 6) is 0. The number of hydrogen-bond acceptors (Lipinski definition) is 2. The van der Waals surface area contributed by atoms with Gasteiger partial charge < -0.3 is 4.52 Å². The van der Waals surface area contributed by atoms with Crippen molar-refractivity contribution >= 4 is 19.1 Å². The molecule has 0 aromatic heterocycles. The molecule has 8 heteroatoms. The van der Waals surface area contributed by atoms with Crippen LogP contribution in [-0.2, 0) is 9.09 Å². The standard InChI is InChI=1S/C9H10ClF3NO2P/c1-17(14,15)16-8(9(11,12)13)6-2-4-7(10)5-3-6/h2-5,8H,1H3,(H2,14,15)/t8-,17+/m1/s1. The second-order valence-corrected chi connectivity index (χ2v) is 5.95. The minimum Gasteiger partial charge on any atom is -0.300 e. The molecule has 2 N–H and O–H groups in total. The van der Waals surface area contributed by atoms with Crippen LogP contribution in [0.25, 0.3) is 0 Å². The Morgan fingerprint density at radius 3 is 2.18 bits per heavy atom. The molecule has 0 aliphatic rings. The molecule has 96 valence electrons. The van der Waals surface area contributed by atoms with Gasteiger partial charge in [-0.1, -0.05) is 23.7 Å². The number of halogens is 4. The summed E-state index contributed by atoms with van der Waals surface area (Å²) >= 11 is 5.56. The second kappa shape index (κ2) is 4.98. The summed E-state index contributed by atoms with van der Waals surface area (Å²) in [6.45, 7) is 0.918. The van der Waals surface area contributed by atoms with Gasteiger partial charge in [0.25, 0.3) is 7.52 Å². The Labute approximate surface area is 101 Å². The first-order chi connectivity index (χ1) is 7.59. The molecule has 0 saturated heterocycles. The van der Waals surface area contributed by atoms with Gasteiger partial charge in [0, 0.05) is 11.7 Å². The van der Waals surface area contributed by atoms with Crippen molar-refractivity contribution in [2.75, 3.05) is 6.66 Å². The van der Waals surface area contributed by atoms with Crippen molar-refractivity contribution in [2.24, 2.45) is 5.50 Å². The SMILES string of the molecule is C[P@](N)(=O)O[C@H](c1ccc(Cl)cc1)C(F)(F)F. The Balaban J connectivity index is 3.07. The number of nitrogens with two attached hydrogens (primary N) is 1. The quantitative estimate of drug-likeness (QED) is 0.862. The van der Waals surface area contributed by atoms with E-state index in [1.54, 1.807) is 0 Å². The van der Waals surface area contributed by atoms with Crippen LogP contribution in [0.2, 0.25) is 5.02 Å². The van der Waals surface area contributed by atoms with Gasteiger partial charge in [0.15, 0.2) is 6.10 Å². The Bertz CT molecular complexity index is 429. The van der Waals surface area contributed by atoms with E-state index in [-0.39, 0.29) is 5.56 Å². The van der Waals surface area contributed by atoms with Gasteiger partial charge in [0.05, 0.1) is 0 Å². The largest absolute Gasteiger partial charge is 0.419 e. The fourth-order valence-corrected chi connectivity index (χ4v) is 1.94. The van der Waals surface area contributed by atoms with Gasteiger partial charge in [0.1, 0.15) is 0 Å².